The second kappa shape index (κ2) is 11.0. The van der Waals surface area contributed by atoms with Crippen molar-refractivity contribution in [2.45, 2.75) is 44.1 Å². The number of nitrogens with zero attached hydrogens (tertiary/aromatic N) is 4. The first-order valence-electron chi connectivity index (χ1n) is 11.2. The molecule has 0 aliphatic carbocycles. The maximum Gasteiger partial charge on any atom is 0.528 e. The Bertz CT molecular complexity index is 1190. The maximum absolute atomic E-state index is 11.8. The van der Waals surface area contributed by atoms with Crippen LogP contribution in [-0.4, -0.2) is 66.1 Å². The topological polar surface area (TPSA) is 163 Å². The number of anilines is 2. The summed E-state index contributed by atoms with van der Waals surface area (Å²) in [5.74, 6) is -0.201. The van der Waals surface area contributed by atoms with Crippen molar-refractivity contribution in [3.8, 4) is 5.88 Å². The molecule has 0 amide bonds. The minimum absolute atomic E-state index is 0.0676. The van der Waals surface area contributed by atoms with Crippen LogP contribution in [0.15, 0.2) is 35.5 Å². The van der Waals surface area contributed by atoms with Crippen LogP contribution in [0.1, 0.15) is 33.6 Å². The zero-order chi connectivity index (χ0) is 26.5. The van der Waals surface area contributed by atoms with E-state index in [0.717, 1.165) is 12.6 Å². The first kappa shape index (κ1) is 27.1. The molecule has 2 aromatic rings. The Morgan fingerprint density at radius 3 is 2.39 bits per heavy atom. The first-order valence-corrected chi connectivity index (χ1v) is 13.1. The molecule has 0 saturated carbocycles. The Morgan fingerprint density at radius 2 is 1.83 bits per heavy atom. The van der Waals surface area contributed by atoms with Gasteiger partial charge in [0.2, 0.25) is 5.82 Å². The standard InChI is InChI=1S/C22H29N5O8S/c1-22(2,3)34-21(28)35-26-11-9-15(10-12-26)13-33-20-18(27(29)30)19(23-14-24-20)25-16-5-7-17(8-6-16)36(4,31)32/h5-8,14-15H,9-13H2,1-4H3,(H,23,24,25). The molecule has 2 heterocycles. The molecule has 1 aromatic heterocycles. The van der Waals surface area contributed by atoms with E-state index in [1.165, 1.54) is 29.3 Å². The van der Waals surface area contributed by atoms with Gasteiger partial charge in [-0.25, -0.2) is 18.2 Å². The van der Waals surface area contributed by atoms with Crippen LogP contribution in [0.5, 0.6) is 5.88 Å². The summed E-state index contributed by atoms with van der Waals surface area (Å²) in [5.41, 5.74) is -0.675. The van der Waals surface area contributed by atoms with Gasteiger partial charge in [-0.15, -0.1) is 5.06 Å². The van der Waals surface area contributed by atoms with E-state index in [-0.39, 0.29) is 29.1 Å². The average molecular weight is 524 g/mol. The van der Waals surface area contributed by atoms with Crippen LogP contribution in [0.2, 0.25) is 0 Å². The highest BCUT2D eigenvalue weighted by Crippen LogP contribution is 2.33. The highest BCUT2D eigenvalue weighted by molar-refractivity contribution is 7.90. The molecule has 1 fully saturated rings. The normalized spacial score (nSPS) is 15.2. The van der Waals surface area contributed by atoms with Gasteiger partial charge in [0, 0.05) is 25.0 Å². The second-order valence-electron chi connectivity index (χ2n) is 9.29. The Balaban J connectivity index is 1.60. The van der Waals surface area contributed by atoms with Crippen molar-refractivity contribution < 1.29 is 32.4 Å². The summed E-state index contributed by atoms with van der Waals surface area (Å²) >= 11 is 0. The summed E-state index contributed by atoms with van der Waals surface area (Å²) in [7, 11) is -3.37. The molecule has 1 aliphatic rings. The average Bonchev–Trinajstić information content (AvgIpc) is 2.77. The summed E-state index contributed by atoms with van der Waals surface area (Å²) in [6.45, 7) is 6.37. The van der Waals surface area contributed by atoms with Crippen molar-refractivity contribution >= 4 is 33.2 Å². The van der Waals surface area contributed by atoms with Crippen LogP contribution in [0.25, 0.3) is 0 Å². The molecule has 1 saturated heterocycles. The number of nitro groups is 1. The molecule has 0 radical (unpaired) electrons. The molecule has 0 spiro atoms. The molecular formula is C22H29N5O8S. The number of hydrogen-bond donors (Lipinski definition) is 1. The zero-order valence-corrected chi connectivity index (χ0v) is 21.3. The van der Waals surface area contributed by atoms with E-state index in [4.69, 9.17) is 14.3 Å². The molecule has 1 N–H and O–H groups in total. The van der Waals surface area contributed by atoms with Gasteiger partial charge >= 0.3 is 11.8 Å². The minimum Gasteiger partial charge on any atom is -0.472 e. The largest absolute Gasteiger partial charge is 0.528 e. The van der Waals surface area contributed by atoms with E-state index in [1.807, 2.05) is 0 Å². The van der Waals surface area contributed by atoms with Gasteiger partial charge < -0.3 is 19.6 Å². The van der Waals surface area contributed by atoms with Gasteiger partial charge in [-0.2, -0.15) is 4.98 Å². The summed E-state index contributed by atoms with van der Waals surface area (Å²) in [5, 5.41) is 16.1. The van der Waals surface area contributed by atoms with Crippen molar-refractivity contribution in [1.82, 2.24) is 15.0 Å². The quantitative estimate of drug-likeness (QED) is 0.305. The lowest BCUT2D eigenvalue weighted by Gasteiger charge is -2.30. The fourth-order valence-electron chi connectivity index (χ4n) is 3.38. The number of aromatic nitrogens is 2. The monoisotopic (exact) mass is 523 g/mol. The Labute approximate surface area is 208 Å². The minimum atomic E-state index is -3.37. The third kappa shape index (κ3) is 7.75. The number of rotatable bonds is 8. The molecule has 36 heavy (non-hydrogen) atoms. The van der Waals surface area contributed by atoms with Crippen LogP contribution in [-0.2, 0) is 19.4 Å². The summed E-state index contributed by atoms with van der Waals surface area (Å²) in [6.07, 6.45) is 2.75. The number of carbonyl (C=O) groups is 1. The number of benzene rings is 1. The smallest absolute Gasteiger partial charge is 0.472 e. The highest BCUT2D eigenvalue weighted by atomic mass is 32.2. The van der Waals surface area contributed by atoms with Crippen LogP contribution < -0.4 is 10.1 Å². The van der Waals surface area contributed by atoms with Gasteiger partial charge in [0.1, 0.15) is 11.9 Å². The molecular weight excluding hydrogens is 494 g/mol. The van der Waals surface area contributed by atoms with Crippen molar-refractivity contribution in [3.63, 3.8) is 0 Å². The molecule has 196 valence electrons. The predicted molar refractivity (Wildman–Crippen MR) is 129 cm³/mol. The van der Waals surface area contributed by atoms with Crippen molar-refractivity contribution in [2.75, 3.05) is 31.3 Å². The zero-order valence-electron chi connectivity index (χ0n) is 20.5. The second-order valence-corrected chi connectivity index (χ2v) is 11.3. The van der Waals surface area contributed by atoms with E-state index in [9.17, 15) is 23.3 Å². The number of nitrogens with one attached hydrogen (secondary N) is 1. The Hall–Kier alpha value is -3.52. The van der Waals surface area contributed by atoms with E-state index < -0.39 is 32.2 Å². The Kier molecular flexibility index (Phi) is 8.30. The van der Waals surface area contributed by atoms with Crippen molar-refractivity contribution in [3.05, 3.63) is 40.7 Å². The summed E-state index contributed by atoms with van der Waals surface area (Å²) < 4.78 is 34.1. The van der Waals surface area contributed by atoms with Gasteiger partial charge in [0.15, 0.2) is 9.84 Å². The SMILES string of the molecule is CC(C)(C)OC(=O)ON1CCC(COc2ncnc(Nc3ccc(S(C)(=O)=O)cc3)c2[N+](=O)[O-])CC1. The van der Waals surface area contributed by atoms with Gasteiger partial charge in [0.05, 0.1) is 16.4 Å². The molecule has 1 aromatic carbocycles. The molecule has 0 bridgehead atoms. The fraction of sp³-hybridized carbons (Fsp3) is 0.500. The maximum atomic E-state index is 11.8. The lowest BCUT2D eigenvalue weighted by molar-refractivity contribution is -0.385. The molecule has 0 unspecified atom stereocenters. The van der Waals surface area contributed by atoms with E-state index >= 15 is 0 Å². The number of sulfone groups is 1. The van der Waals surface area contributed by atoms with Gasteiger partial charge in [0.25, 0.3) is 5.88 Å². The third-order valence-corrected chi connectivity index (χ3v) is 6.27. The number of carbonyl (C=O) groups excluding carboxylic acids is 1. The van der Waals surface area contributed by atoms with Crippen molar-refractivity contribution in [1.29, 1.82) is 0 Å². The third-order valence-electron chi connectivity index (χ3n) is 5.14. The van der Waals surface area contributed by atoms with Crippen molar-refractivity contribution in [2.24, 2.45) is 5.92 Å². The molecule has 14 heteroatoms. The summed E-state index contributed by atoms with van der Waals surface area (Å²) in [6, 6.07) is 5.74. The molecule has 3 rings (SSSR count). The number of piperidine rings is 1. The molecule has 1 aliphatic heterocycles. The number of ether oxygens (including phenoxy) is 2. The summed E-state index contributed by atoms with van der Waals surface area (Å²) in [4.78, 5) is 36.2. The van der Waals surface area contributed by atoms with Gasteiger partial charge in [-0.05, 0) is 63.8 Å². The van der Waals surface area contributed by atoms with E-state index in [1.54, 1.807) is 20.8 Å². The highest BCUT2D eigenvalue weighted by Gasteiger charge is 2.28. The van der Waals surface area contributed by atoms with Gasteiger partial charge in [-0.1, -0.05) is 0 Å². The van der Waals surface area contributed by atoms with Crippen LogP contribution in [0.3, 0.4) is 0 Å². The number of hydroxylamine groups is 2. The lowest BCUT2D eigenvalue weighted by atomic mass is 9.99. The molecule has 0 atom stereocenters. The molecule has 13 nitrogen and oxygen atoms in total. The lowest BCUT2D eigenvalue weighted by Crippen LogP contribution is -2.38. The van der Waals surface area contributed by atoms with Gasteiger partial charge in [-0.3, -0.25) is 10.1 Å². The van der Waals surface area contributed by atoms with Crippen LogP contribution >= 0.6 is 0 Å². The fourth-order valence-corrected chi connectivity index (χ4v) is 4.01. The predicted octanol–water partition coefficient (Wildman–Crippen LogP) is 3.49. The van der Waals surface area contributed by atoms with Crippen LogP contribution in [0, 0.1) is 16.0 Å². The number of hydrogen-bond acceptors (Lipinski definition) is 12. The van der Waals surface area contributed by atoms with Crippen LogP contribution in [0.4, 0.5) is 22.0 Å². The van der Waals surface area contributed by atoms with E-state index in [2.05, 4.69) is 15.3 Å². The van der Waals surface area contributed by atoms with E-state index in [0.29, 0.717) is 31.6 Å². The Morgan fingerprint density at radius 1 is 1.19 bits per heavy atom. The first-order chi connectivity index (χ1) is 16.8.